The van der Waals surface area contributed by atoms with Gasteiger partial charge in [-0.1, -0.05) is 29.8 Å². The molecule has 0 radical (unpaired) electrons. The zero-order valence-electron chi connectivity index (χ0n) is 10.3. The summed E-state index contributed by atoms with van der Waals surface area (Å²) in [5, 5.41) is 0. The standard InChI is InChI=1S/C13H20N2OS/c1-11-2-4-12(5-3-11)13(10-14)15-6-8-17(16)9-7-15/h2-5,13H,6-10,14H2,1H3. The second kappa shape index (κ2) is 5.76. The summed E-state index contributed by atoms with van der Waals surface area (Å²) in [5.74, 6) is 1.56. The highest BCUT2D eigenvalue weighted by molar-refractivity contribution is 7.85. The van der Waals surface area contributed by atoms with Crippen LogP contribution in [0.15, 0.2) is 24.3 Å². The number of hydrogen-bond donors (Lipinski definition) is 1. The van der Waals surface area contributed by atoms with E-state index in [-0.39, 0.29) is 6.04 Å². The van der Waals surface area contributed by atoms with E-state index in [0.717, 1.165) is 24.6 Å². The topological polar surface area (TPSA) is 46.3 Å². The van der Waals surface area contributed by atoms with Crippen molar-refractivity contribution in [3.05, 3.63) is 35.4 Å². The monoisotopic (exact) mass is 252 g/mol. The summed E-state index contributed by atoms with van der Waals surface area (Å²) < 4.78 is 11.4. The van der Waals surface area contributed by atoms with Crippen LogP contribution in [0.2, 0.25) is 0 Å². The highest BCUT2D eigenvalue weighted by atomic mass is 32.2. The number of rotatable bonds is 3. The van der Waals surface area contributed by atoms with E-state index in [9.17, 15) is 4.21 Å². The van der Waals surface area contributed by atoms with Gasteiger partial charge in [0.1, 0.15) is 0 Å². The lowest BCUT2D eigenvalue weighted by Gasteiger charge is -2.33. The Hall–Kier alpha value is -0.710. The SMILES string of the molecule is Cc1ccc(C(CN)N2CCS(=O)CC2)cc1. The molecule has 0 bridgehead atoms. The summed E-state index contributed by atoms with van der Waals surface area (Å²) in [6.45, 7) is 4.49. The molecule has 1 atom stereocenters. The predicted molar refractivity (Wildman–Crippen MR) is 72.4 cm³/mol. The van der Waals surface area contributed by atoms with Crippen LogP contribution < -0.4 is 5.73 Å². The van der Waals surface area contributed by atoms with E-state index in [1.807, 2.05) is 0 Å². The Kier molecular flexibility index (Phi) is 4.31. The Balaban J connectivity index is 2.10. The van der Waals surface area contributed by atoms with Gasteiger partial charge in [-0.25, -0.2) is 0 Å². The summed E-state index contributed by atoms with van der Waals surface area (Å²) in [6.07, 6.45) is 0. The van der Waals surface area contributed by atoms with Crippen molar-refractivity contribution in [2.75, 3.05) is 31.1 Å². The fraction of sp³-hybridized carbons (Fsp3) is 0.538. The summed E-state index contributed by atoms with van der Waals surface area (Å²) >= 11 is 0. The maximum Gasteiger partial charge on any atom is 0.0471 e. The lowest BCUT2D eigenvalue weighted by molar-refractivity contribution is 0.221. The molecule has 2 rings (SSSR count). The van der Waals surface area contributed by atoms with Gasteiger partial charge in [-0.15, -0.1) is 0 Å². The lowest BCUT2D eigenvalue weighted by atomic mass is 10.0. The van der Waals surface area contributed by atoms with Gasteiger partial charge >= 0.3 is 0 Å². The largest absolute Gasteiger partial charge is 0.329 e. The smallest absolute Gasteiger partial charge is 0.0471 e. The van der Waals surface area contributed by atoms with E-state index in [1.54, 1.807) is 0 Å². The van der Waals surface area contributed by atoms with Crippen molar-refractivity contribution in [2.45, 2.75) is 13.0 Å². The number of hydrogen-bond acceptors (Lipinski definition) is 3. The van der Waals surface area contributed by atoms with Crippen molar-refractivity contribution in [1.29, 1.82) is 0 Å². The van der Waals surface area contributed by atoms with Crippen LogP contribution in [0.3, 0.4) is 0 Å². The minimum Gasteiger partial charge on any atom is -0.329 e. The van der Waals surface area contributed by atoms with E-state index in [1.165, 1.54) is 11.1 Å². The maximum atomic E-state index is 11.4. The molecule has 94 valence electrons. The summed E-state index contributed by atoms with van der Waals surface area (Å²) in [5.41, 5.74) is 8.43. The molecule has 2 N–H and O–H groups in total. The normalized spacial score (nSPS) is 20.4. The minimum atomic E-state index is -0.622. The van der Waals surface area contributed by atoms with E-state index in [0.29, 0.717) is 6.54 Å². The molecule has 4 heteroatoms. The van der Waals surface area contributed by atoms with E-state index < -0.39 is 10.8 Å². The van der Waals surface area contributed by atoms with Gasteiger partial charge in [0.25, 0.3) is 0 Å². The molecule has 0 aromatic heterocycles. The molecule has 0 aliphatic carbocycles. The number of aryl methyl sites for hydroxylation is 1. The van der Waals surface area contributed by atoms with Crippen LogP contribution in [0.25, 0.3) is 0 Å². The highest BCUT2D eigenvalue weighted by Gasteiger charge is 2.23. The third-order valence-electron chi connectivity index (χ3n) is 3.34. The Morgan fingerprint density at radius 1 is 1.29 bits per heavy atom. The van der Waals surface area contributed by atoms with Crippen LogP contribution in [0, 0.1) is 6.92 Å². The van der Waals surface area contributed by atoms with Gasteiger partial charge in [-0.05, 0) is 12.5 Å². The second-order valence-corrected chi connectivity index (χ2v) is 6.24. The van der Waals surface area contributed by atoms with Crippen molar-refractivity contribution < 1.29 is 4.21 Å². The quantitative estimate of drug-likeness (QED) is 0.875. The third kappa shape index (κ3) is 3.15. The minimum absolute atomic E-state index is 0.271. The van der Waals surface area contributed by atoms with Gasteiger partial charge in [-0.2, -0.15) is 0 Å². The van der Waals surface area contributed by atoms with Gasteiger partial charge in [0.2, 0.25) is 0 Å². The van der Waals surface area contributed by atoms with Crippen molar-refractivity contribution >= 4 is 10.8 Å². The highest BCUT2D eigenvalue weighted by Crippen LogP contribution is 2.21. The van der Waals surface area contributed by atoms with Crippen molar-refractivity contribution in [3.8, 4) is 0 Å². The fourth-order valence-corrected chi connectivity index (χ4v) is 3.33. The molecule has 1 aromatic rings. The van der Waals surface area contributed by atoms with Crippen molar-refractivity contribution in [2.24, 2.45) is 5.73 Å². The zero-order chi connectivity index (χ0) is 12.3. The third-order valence-corrected chi connectivity index (χ3v) is 4.61. The molecule has 1 aliphatic heterocycles. The van der Waals surface area contributed by atoms with Gasteiger partial charge in [0.05, 0.1) is 0 Å². The Bertz CT molecular complexity index is 381. The fourth-order valence-electron chi connectivity index (χ4n) is 2.25. The van der Waals surface area contributed by atoms with Gasteiger partial charge in [0, 0.05) is 48.0 Å². The number of benzene rings is 1. The average molecular weight is 252 g/mol. The van der Waals surface area contributed by atoms with Gasteiger partial charge in [-0.3, -0.25) is 9.11 Å². The first kappa shape index (κ1) is 12.7. The molecule has 0 saturated carbocycles. The molecule has 1 aliphatic rings. The summed E-state index contributed by atoms with van der Waals surface area (Å²) in [7, 11) is -0.622. The van der Waals surface area contributed by atoms with Crippen LogP contribution >= 0.6 is 0 Å². The molecule has 0 spiro atoms. The zero-order valence-corrected chi connectivity index (χ0v) is 11.1. The Morgan fingerprint density at radius 3 is 2.41 bits per heavy atom. The first-order valence-electron chi connectivity index (χ1n) is 6.06. The number of nitrogens with zero attached hydrogens (tertiary/aromatic N) is 1. The number of nitrogens with two attached hydrogens (primary N) is 1. The maximum absolute atomic E-state index is 11.4. The molecule has 1 aromatic carbocycles. The van der Waals surface area contributed by atoms with Crippen LogP contribution in [0.4, 0.5) is 0 Å². The summed E-state index contributed by atoms with van der Waals surface area (Å²) in [4.78, 5) is 2.35. The molecular formula is C13H20N2OS. The van der Waals surface area contributed by atoms with Crippen molar-refractivity contribution in [3.63, 3.8) is 0 Å². The molecule has 0 amide bonds. The first-order valence-corrected chi connectivity index (χ1v) is 7.55. The molecule has 1 saturated heterocycles. The van der Waals surface area contributed by atoms with Crippen LogP contribution in [-0.2, 0) is 10.8 Å². The summed E-state index contributed by atoms with van der Waals surface area (Å²) in [6, 6.07) is 8.82. The molecule has 1 heterocycles. The molecule has 3 nitrogen and oxygen atoms in total. The Morgan fingerprint density at radius 2 is 1.88 bits per heavy atom. The average Bonchev–Trinajstić information content (AvgIpc) is 2.35. The van der Waals surface area contributed by atoms with Crippen LogP contribution in [0.5, 0.6) is 0 Å². The van der Waals surface area contributed by atoms with Gasteiger partial charge < -0.3 is 5.73 Å². The first-order chi connectivity index (χ1) is 8.20. The van der Waals surface area contributed by atoms with E-state index in [4.69, 9.17) is 5.73 Å². The lowest BCUT2D eigenvalue weighted by Crippen LogP contribution is -2.42. The van der Waals surface area contributed by atoms with E-state index in [2.05, 4.69) is 36.1 Å². The predicted octanol–water partition coefficient (Wildman–Crippen LogP) is 1.06. The van der Waals surface area contributed by atoms with Crippen LogP contribution in [-0.4, -0.2) is 40.2 Å². The molecule has 17 heavy (non-hydrogen) atoms. The second-order valence-electron chi connectivity index (χ2n) is 4.55. The van der Waals surface area contributed by atoms with Crippen LogP contribution in [0.1, 0.15) is 17.2 Å². The van der Waals surface area contributed by atoms with Crippen molar-refractivity contribution in [1.82, 2.24) is 4.90 Å². The Labute approximate surface area is 105 Å². The molecular weight excluding hydrogens is 232 g/mol. The molecule has 1 fully saturated rings. The molecule has 1 unspecified atom stereocenters. The van der Waals surface area contributed by atoms with Gasteiger partial charge in [0.15, 0.2) is 0 Å². The van der Waals surface area contributed by atoms with E-state index >= 15 is 0 Å².